The van der Waals surface area contributed by atoms with Crippen LogP contribution in [0.3, 0.4) is 0 Å². The molecule has 4 heterocycles. The van der Waals surface area contributed by atoms with E-state index < -0.39 is 5.91 Å². The van der Waals surface area contributed by atoms with Gasteiger partial charge in [-0.05, 0) is 62.8 Å². The van der Waals surface area contributed by atoms with Crippen molar-refractivity contribution in [2.75, 3.05) is 16.8 Å². The van der Waals surface area contributed by atoms with E-state index in [1.165, 1.54) is 24.8 Å². The number of hydrogen-bond donors (Lipinski definition) is 2. The molecule has 2 aromatic carbocycles. The van der Waals surface area contributed by atoms with Crippen molar-refractivity contribution in [3.63, 3.8) is 0 Å². The van der Waals surface area contributed by atoms with Gasteiger partial charge < -0.3 is 16.0 Å². The molecular weight excluding hydrogens is 436 g/mol. The van der Waals surface area contributed by atoms with Crippen LogP contribution in [0.15, 0.2) is 54.6 Å². The molecule has 7 nitrogen and oxygen atoms in total. The lowest BCUT2D eigenvalue weighted by Crippen LogP contribution is -2.43. The summed E-state index contributed by atoms with van der Waals surface area (Å²) in [6.45, 7) is 3.76. The number of carbonyl (C=O) groups excluding carboxylic acids is 1. The molecule has 35 heavy (non-hydrogen) atoms. The predicted octanol–water partition coefficient (Wildman–Crippen LogP) is 4.75. The minimum Gasteiger partial charge on any atom is -0.366 e. The quantitative estimate of drug-likeness (QED) is 0.443. The van der Waals surface area contributed by atoms with Crippen molar-refractivity contribution in [1.29, 1.82) is 0 Å². The SMILES string of the molecule is Cc1cc2c(C(N)=O)cccc2n1-c1nc2c(c(NCc3ccccc3)n1)N1CCCCC1CC2. The maximum atomic E-state index is 12.0. The number of hydrogen-bond acceptors (Lipinski definition) is 5. The number of benzene rings is 2. The Morgan fingerprint density at radius 2 is 1.94 bits per heavy atom. The minimum absolute atomic E-state index is 0.430. The summed E-state index contributed by atoms with van der Waals surface area (Å²) in [6.07, 6.45) is 5.79. The number of fused-ring (bicyclic) bond motifs is 4. The van der Waals surface area contributed by atoms with Crippen molar-refractivity contribution in [2.45, 2.75) is 51.6 Å². The molecule has 1 atom stereocenters. The van der Waals surface area contributed by atoms with Gasteiger partial charge in [-0.25, -0.2) is 4.98 Å². The third-order valence-corrected chi connectivity index (χ3v) is 7.37. The van der Waals surface area contributed by atoms with Crippen LogP contribution in [-0.4, -0.2) is 33.0 Å². The van der Waals surface area contributed by atoms with Crippen molar-refractivity contribution < 1.29 is 4.79 Å². The maximum absolute atomic E-state index is 12.0. The lowest BCUT2D eigenvalue weighted by atomic mass is 9.92. The highest BCUT2D eigenvalue weighted by Crippen LogP contribution is 2.40. The number of carbonyl (C=O) groups is 1. The molecule has 0 bridgehead atoms. The summed E-state index contributed by atoms with van der Waals surface area (Å²) in [5, 5.41) is 4.47. The molecule has 1 saturated heterocycles. The zero-order valence-corrected chi connectivity index (χ0v) is 20.0. The Bertz CT molecular complexity index is 1410. The van der Waals surface area contributed by atoms with Crippen LogP contribution in [0.5, 0.6) is 0 Å². The smallest absolute Gasteiger partial charge is 0.249 e. The highest BCUT2D eigenvalue weighted by molar-refractivity contribution is 6.06. The van der Waals surface area contributed by atoms with Gasteiger partial charge in [0.05, 0.1) is 11.2 Å². The van der Waals surface area contributed by atoms with E-state index in [9.17, 15) is 4.79 Å². The molecule has 2 aromatic heterocycles. The lowest BCUT2D eigenvalue weighted by Gasteiger charge is -2.42. The van der Waals surface area contributed by atoms with Gasteiger partial charge in [0.2, 0.25) is 11.9 Å². The summed E-state index contributed by atoms with van der Waals surface area (Å²) in [4.78, 5) is 24.8. The average Bonchev–Trinajstić information content (AvgIpc) is 3.23. The normalized spacial score (nSPS) is 17.2. The lowest BCUT2D eigenvalue weighted by molar-refractivity contribution is 0.100. The van der Waals surface area contributed by atoms with Crippen LogP contribution in [0.2, 0.25) is 0 Å². The molecule has 2 aliphatic heterocycles. The second-order valence-electron chi connectivity index (χ2n) is 9.61. The maximum Gasteiger partial charge on any atom is 0.249 e. The van der Waals surface area contributed by atoms with Crippen LogP contribution < -0.4 is 16.0 Å². The third-order valence-electron chi connectivity index (χ3n) is 7.37. The van der Waals surface area contributed by atoms with E-state index in [0.29, 0.717) is 24.1 Å². The number of rotatable bonds is 5. The number of anilines is 2. The fraction of sp³-hybridized carbons (Fsp3) is 0.321. The summed E-state index contributed by atoms with van der Waals surface area (Å²) in [5.74, 6) is 1.08. The van der Waals surface area contributed by atoms with Gasteiger partial charge in [0.15, 0.2) is 5.82 Å². The van der Waals surface area contributed by atoms with Crippen LogP contribution in [0.25, 0.3) is 16.9 Å². The first-order valence-corrected chi connectivity index (χ1v) is 12.5. The second-order valence-corrected chi connectivity index (χ2v) is 9.61. The zero-order valence-electron chi connectivity index (χ0n) is 20.0. The first-order valence-electron chi connectivity index (χ1n) is 12.5. The van der Waals surface area contributed by atoms with Crippen LogP contribution in [-0.2, 0) is 13.0 Å². The number of nitrogens with zero attached hydrogens (tertiary/aromatic N) is 4. The number of piperidine rings is 1. The number of amides is 1. The van der Waals surface area contributed by atoms with E-state index in [-0.39, 0.29) is 0 Å². The van der Waals surface area contributed by atoms with Crippen molar-refractivity contribution in [1.82, 2.24) is 14.5 Å². The fourth-order valence-corrected chi connectivity index (χ4v) is 5.71. The molecule has 178 valence electrons. The summed E-state index contributed by atoms with van der Waals surface area (Å²) in [7, 11) is 0. The second kappa shape index (κ2) is 8.73. The highest BCUT2D eigenvalue weighted by atomic mass is 16.1. The molecule has 0 saturated carbocycles. The average molecular weight is 467 g/mol. The van der Waals surface area contributed by atoms with E-state index >= 15 is 0 Å². The molecule has 0 radical (unpaired) electrons. The molecule has 7 heteroatoms. The van der Waals surface area contributed by atoms with Gasteiger partial charge >= 0.3 is 0 Å². The van der Waals surface area contributed by atoms with E-state index in [1.807, 2.05) is 35.8 Å². The molecule has 0 aliphatic carbocycles. The summed E-state index contributed by atoms with van der Waals surface area (Å²) in [5.41, 5.74) is 11.5. The Labute approximate surface area is 205 Å². The van der Waals surface area contributed by atoms with E-state index in [2.05, 4.69) is 34.5 Å². The van der Waals surface area contributed by atoms with E-state index in [1.54, 1.807) is 6.07 Å². The van der Waals surface area contributed by atoms with Crippen molar-refractivity contribution in [2.24, 2.45) is 5.73 Å². The number of aromatic nitrogens is 3. The van der Waals surface area contributed by atoms with Crippen molar-refractivity contribution in [3.05, 3.63) is 77.1 Å². The monoisotopic (exact) mass is 466 g/mol. The molecule has 0 spiro atoms. The number of primary amides is 1. The molecule has 2 aliphatic rings. The van der Waals surface area contributed by atoms with Crippen LogP contribution >= 0.6 is 0 Å². The summed E-state index contributed by atoms with van der Waals surface area (Å²) in [6, 6.07) is 18.6. The van der Waals surface area contributed by atoms with Gasteiger partial charge in [-0.2, -0.15) is 4.98 Å². The molecule has 4 aromatic rings. The Balaban J connectivity index is 1.49. The van der Waals surface area contributed by atoms with Gasteiger partial charge in [0.1, 0.15) is 5.69 Å². The molecule has 6 rings (SSSR count). The predicted molar refractivity (Wildman–Crippen MR) is 139 cm³/mol. The zero-order chi connectivity index (χ0) is 23.9. The van der Waals surface area contributed by atoms with E-state index in [4.69, 9.17) is 15.7 Å². The van der Waals surface area contributed by atoms with Crippen LogP contribution in [0.1, 0.15) is 53.0 Å². The van der Waals surface area contributed by atoms with Crippen molar-refractivity contribution >= 4 is 28.3 Å². The summed E-state index contributed by atoms with van der Waals surface area (Å²) >= 11 is 0. The molecule has 1 unspecified atom stereocenters. The third kappa shape index (κ3) is 3.81. The Morgan fingerprint density at radius 1 is 1.09 bits per heavy atom. The summed E-state index contributed by atoms with van der Waals surface area (Å²) < 4.78 is 2.04. The van der Waals surface area contributed by atoms with Crippen molar-refractivity contribution in [3.8, 4) is 5.95 Å². The number of nitrogens with two attached hydrogens (primary N) is 1. The van der Waals surface area contributed by atoms with Gasteiger partial charge in [-0.1, -0.05) is 36.4 Å². The largest absolute Gasteiger partial charge is 0.366 e. The van der Waals surface area contributed by atoms with Gasteiger partial charge in [0.25, 0.3) is 0 Å². The molecule has 1 fully saturated rings. The van der Waals surface area contributed by atoms with Gasteiger partial charge in [0, 0.05) is 35.8 Å². The van der Waals surface area contributed by atoms with Gasteiger partial charge in [-0.3, -0.25) is 9.36 Å². The Kier molecular flexibility index (Phi) is 5.40. The van der Waals surface area contributed by atoms with Crippen LogP contribution in [0.4, 0.5) is 11.5 Å². The van der Waals surface area contributed by atoms with Gasteiger partial charge in [-0.15, -0.1) is 0 Å². The minimum atomic E-state index is -0.430. The number of nitrogens with one attached hydrogen (secondary N) is 1. The molecular formula is C28H30N6O. The first kappa shape index (κ1) is 21.6. The fourth-order valence-electron chi connectivity index (χ4n) is 5.71. The number of aryl methyl sites for hydroxylation is 2. The Morgan fingerprint density at radius 3 is 2.77 bits per heavy atom. The Hall–Kier alpha value is -3.87. The standard InChI is InChI=1S/C28H30N6O/c1-18-16-22-21(26(29)35)11-7-12-24(22)34(18)28-31-23-14-13-20-10-5-6-15-33(20)25(23)27(32-28)30-17-19-8-3-2-4-9-19/h2-4,7-9,11-12,16,20H,5-6,10,13-15,17H2,1H3,(H2,29,35)(H,30,31,32). The van der Waals surface area contributed by atoms with Crippen LogP contribution in [0, 0.1) is 6.92 Å². The topological polar surface area (TPSA) is 89.1 Å². The highest BCUT2D eigenvalue weighted by Gasteiger charge is 2.33. The molecule has 3 N–H and O–H groups in total. The molecule has 1 amide bonds. The van der Waals surface area contributed by atoms with E-state index in [0.717, 1.165) is 53.2 Å². The first-order chi connectivity index (χ1) is 17.1.